The van der Waals surface area contributed by atoms with Crippen LogP contribution in [0.4, 0.5) is 0 Å². The average molecular weight is 253 g/mol. The van der Waals surface area contributed by atoms with Gasteiger partial charge in [-0.2, -0.15) is 0 Å². The summed E-state index contributed by atoms with van der Waals surface area (Å²) < 4.78 is 0. The summed E-state index contributed by atoms with van der Waals surface area (Å²) in [6.45, 7) is 6.20. The number of hydrogen-bond acceptors (Lipinski definition) is 3. The van der Waals surface area contributed by atoms with Crippen molar-refractivity contribution in [1.82, 2.24) is 10.2 Å². The smallest absolute Gasteiger partial charge is 0.238 e. The lowest BCUT2D eigenvalue weighted by Gasteiger charge is -2.49. The van der Waals surface area contributed by atoms with Gasteiger partial charge < -0.3 is 11.1 Å². The maximum Gasteiger partial charge on any atom is 0.238 e. The van der Waals surface area contributed by atoms with E-state index < -0.39 is 0 Å². The molecule has 1 aliphatic heterocycles. The Morgan fingerprint density at radius 3 is 2.89 bits per heavy atom. The number of hydrogen-bond donors (Lipinski definition) is 2. The molecular weight excluding hydrogens is 226 g/mol. The van der Waals surface area contributed by atoms with Crippen LogP contribution in [0.2, 0.25) is 0 Å². The van der Waals surface area contributed by atoms with Crippen molar-refractivity contribution in [3.8, 4) is 0 Å². The summed E-state index contributed by atoms with van der Waals surface area (Å²) in [5.74, 6) is 0.359. The molecule has 4 heteroatoms. The highest BCUT2D eigenvalue weighted by atomic mass is 16.1. The van der Waals surface area contributed by atoms with Gasteiger partial charge in [-0.25, -0.2) is 0 Å². The predicted octanol–water partition coefficient (Wildman–Crippen LogP) is 1.11. The Morgan fingerprint density at radius 1 is 1.33 bits per heavy atom. The van der Waals surface area contributed by atoms with Crippen LogP contribution in [0, 0.1) is 5.92 Å². The minimum absolute atomic E-state index is 0.0871. The molecule has 0 aromatic heterocycles. The summed E-state index contributed by atoms with van der Waals surface area (Å²) >= 11 is 0. The monoisotopic (exact) mass is 253 g/mol. The van der Waals surface area contributed by atoms with Crippen LogP contribution in [0.1, 0.15) is 45.4 Å². The first-order valence-corrected chi connectivity index (χ1v) is 7.47. The normalized spacial score (nSPS) is 35.1. The zero-order valence-electron chi connectivity index (χ0n) is 11.6. The summed E-state index contributed by atoms with van der Waals surface area (Å²) in [4.78, 5) is 14.6. The third-order valence-corrected chi connectivity index (χ3v) is 4.86. The first-order valence-electron chi connectivity index (χ1n) is 7.47. The Hall–Kier alpha value is -0.610. The third-order valence-electron chi connectivity index (χ3n) is 4.86. The van der Waals surface area contributed by atoms with Gasteiger partial charge in [0.2, 0.25) is 5.91 Å². The molecule has 1 aliphatic carbocycles. The molecule has 1 heterocycles. The van der Waals surface area contributed by atoms with Crippen LogP contribution in [-0.4, -0.2) is 42.5 Å². The molecule has 18 heavy (non-hydrogen) atoms. The number of carbonyl (C=O) groups excluding carboxylic acids is 1. The molecule has 0 radical (unpaired) electrons. The van der Waals surface area contributed by atoms with Crippen molar-refractivity contribution in [2.75, 3.05) is 26.2 Å². The molecule has 0 bridgehead atoms. The molecule has 2 unspecified atom stereocenters. The number of primary amides is 1. The van der Waals surface area contributed by atoms with Crippen molar-refractivity contribution in [2.24, 2.45) is 11.7 Å². The van der Waals surface area contributed by atoms with Gasteiger partial charge in [0.05, 0.1) is 0 Å². The van der Waals surface area contributed by atoms with Gasteiger partial charge in [-0.05, 0) is 31.7 Å². The molecule has 104 valence electrons. The topological polar surface area (TPSA) is 58.4 Å². The molecule has 2 fully saturated rings. The van der Waals surface area contributed by atoms with E-state index in [-0.39, 0.29) is 11.4 Å². The predicted molar refractivity (Wildman–Crippen MR) is 73.2 cm³/mol. The Balaban J connectivity index is 2.25. The molecule has 2 atom stereocenters. The number of rotatable bonds is 3. The maximum atomic E-state index is 12.2. The molecular formula is C14H27N3O. The number of amides is 1. The van der Waals surface area contributed by atoms with Gasteiger partial charge >= 0.3 is 0 Å². The van der Waals surface area contributed by atoms with Crippen LogP contribution in [0.25, 0.3) is 0 Å². The van der Waals surface area contributed by atoms with Gasteiger partial charge in [-0.1, -0.05) is 26.2 Å². The van der Waals surface area contributed by atoms with E-state index in [0.29, 0.717) is 5.92 Å². The second-order valence-electron chi connectivity index (χ2n) is 5.73. The van der Waals surface area contributed by atoms with Crippen LogP contribution in [0.3, 0.4) is 0 Å². The van der Waals surface area contributed by atoms with Crippen molar-refractivity contribution in [3.63, 3.8) is 0 Å². The average Bonchev–Trinajstić information content (AvgIpc) is 2.67. The highest BCUT2D eigenvalue weighted by Crippen LogP contribution is 2.40. The van der Waals surface area contributed by atoms with E-state index >= 15 is 0 Å². The molecule has 0 aromatic carbocycles. The Morgan fingerprint density at radius 2 is 2.17 bits per heavy atom. The second kappa shape index (κ2) is 6.02. The van der Waals surface area contributed by atoms with E-state index in [0.717, 1.165) is 58.3 Å². The van der Waals surface area contributed by atoms with Crippen molar-refractivity contribution in [3.05, 3.63) is 0 Å². The standard InChI is InChI=1S/C14H27N3O/c1-2-12-6-3-4-7-14(12,13(15)18)17-10-5-8-16-9-11-17/h12,16H,2-11H2,1H3,(H2,15,18). The van der Waals surface area contributed by atoms with Gasteiger partial charge in [0, 0.05) is 19.6 Å². The first-order chi connectivity index (χ1) is 8.71. The van der Waals surface area contributed by atoms with Crippen molar-refractivity contribution < 1.29 is 4.79 Å². The van der Waals surface area contributed by atoms with E-state index in [1.165, 1.54) is 6.42 Å². The van der Waals surface area contributed by atoms with E-state index in [4.69, 9.17) is 5.73 Å². The Kier molecular flexibility index (Phi) is 4.62. The lowest BCUT2D eigenvalue weighted by molar-refractivity contribution is -0.137. The lowest BCUT2D eigenvalue weighted by Crippen LogP contribution is -2.63. The van der Waals surface area contributed by atoms with E-state index in [1.807, 2.05) is 0 Å². The van der Waals surface area contributed by atoms with Crippen LogP contribution >= 0.6 is 0 Å². The van der Waals surface area contributed by atoms with Gasteiger partial charge in [-0.3, -0.25) is 9.69 Å². The molecule has 2 rings (SSSR count). The number of nitrogens with two attached hydrogens (primary N) is 1. The van der Waals surface area contributed by atoms with Crippen molar-refractivity contribution in [2.45, 2.75) is 51.0 Å². The fourth-order valence-electron chi connectivity index (χ4n) is 3.91. The fraction of sp³-hybridized carbons (Fsp3) is 0.929. The minimum atomic E-state index is -0.362. The maximum absolute atomic E-state index is 12.2. The quantitative estimate of drug-likeness (QED) is 0.792. The highest BCUT2D eigenvalue weighted by molar-refractivity contribution is 5.85. The molecule has 2 aliphatic rings. The highest BCUT2D eigenvalue weighted by Gasteiger charge is 2.49. The molecule has 0 spiro atoms. The zero-order chi connectivity index (χ0) is 13.0. The number of nitrogens with one attached hydrogen (secondary N) is 1. The molecule has 0 aromatic rings. The van der Waals surface area contributed by atoms with E-state index in [2.05, 4.69) is 17.1 Å². The van der Waals surface area contributed by atoms with E-state index in [1.54, 1.807) is 0 Å². The first kappa shape index (κ1) is 13.8. The summed E-state index contributed by atoms with van der Waals surface area (Å²) in [5.41, 5.74) is 5.49. The molecule has 1 amide bonds. The largest absolute Gasteiger partial charge is 0.368 e. The second-order valence-corrected chi connectivity index (χ2v) is 5.73. The van der Waals surface area contributed by atoms with Gasteiger partial charge in [0.25, 0.3) is 0 Å². The molecule has 1 saturated carbocycles. The van der Waals surface area contributed by atoms with Gasteiger partial charge in [0.1, 0.15) is 5.54 Å². The zero-order valence-corrected chi connectivity index (χ0v) is 11.6. The SMILES string of the molecule is CCC1CCCCC1(C(N)=O)N1CCCNCC1. The van der Waals surface area contributed by atoms with Crippen LogP contribution in [0.15, 0.2) is 0 Å². The van der Waals surface area contributed by atoms with Crippen LogP contribution < -0.4 is 11.1 Å². The fourth-order valence-corrected chi connectivity index (χ4v) is 3.91. The molecule has 1 saturated heterocycles. The summed E-state index contributed by atoms with van der Waals surface area (Å²) in [7, 11) is 0. The van der Waals surface area contributed by atoms with E-state index in [9.17, 15) is 4.79 Å². The minimum Gasteiger partial charge on any atom is -0.368 e. The molecule has 4 nitrogen and oxygen atoms in total. The van der Waals surface area contributed by atoms with Crippen molar-refractivity contribution in [1.29, 1.82) is 0 Å². The van der Waals surface area contributed by atoms with Crippen LogP contribution in [-0.2, 0) is 4.79 Å². The van der Waals surface area contributed by atoms with Gasteiger partial charge in [-0.15, -0.1) is 0 Å². The Labute approximate surface area is 110 Å². The number of nitrogens with zero attached hydrogens (tertiary/aromatic N) is 1. The summed E-state index contributed by atoms with van der Waals surface area (Å²) in [6, 6.07) is 0. The summed E-state index contributed by atoms with van der Waals surface area (Å²) in [6.07, 6.45) is 6.69. The molecule has 3 N–H and O–H groups in total. The number of carbonyl (C=O) groups is 1. The summed E-state index contributed by atoms with van der Waals surface area (Å²) in [5, 5.41) is 3.41. The Bertz CT molecular complexity index is 287. The van der Waals surface area contributed by atoms with Crippen LogP contribution in [0.5, 0.6) is 0 Å². The van der Waals surface area contributed by atoms with Crippen molar-refractivity contribution >= 4 is 5.91 Å². The third kappa shape index (κ3) is 2.41. The lowest BCUT2D eigenvalue weighted by atomic mass is 9.69. The van der Waals surface area contributed by atoms with Gasteiger partial charge in [0.15, 0.2) is 0 Å².